The van der Waals surface area contributed by atoms with Gasteiger partial charge in [-0.05, 0) is 38.1 Å². The highest BCUT2D eigenvalue weighted by atomic mass is 16.2. The topological polar surface area (TPSA) is 81.8 Å². The van der Waals surface area contributed by atoms with E-state index in [4.69, 9.17) is 0 Å². The highest BCUT2D eigenvalue weighted by molar-refractivity contribution is 5.95. The number of hydrogen-bond donors (Lipinski definition) is 2. The molecule has 0 aromatic heterocycles. The lowest BCUT2D eigenvalue weighted by molar-refractivity contribution is -0.134. The van der Waals surface area contributed by atoms with Gasteiger partial charge in [0.25, 0.3) is 0 Å². The summed E-state index contributed by atoms with van der Waals surface area (Å²) in [5.41, 5.74) is 0. The maximum Gasteiger partial charge on any atom is 0.321 e. The molecule has 2 aliphatic rings. The summed E-state index contributed by atoms with van der Waals surface area (Å²) in [4.78, 5) is 39.7. The second kappa shape index (κ2) is 8.46. The Morgan fingerprint density at radius 2 is 1.79 bits per heavy atom. The van der Waals surface area contributed by atoms with E-state index in [0.717, 1.165) is 32.1 Å². The summed E-state index contributed by atoms with van der Waals surface area (Å²) < 4.78 is 0. The predicted molar refractivity (Wildman–Crippen MR) is 91.4 cm³/mol. The molecule has 2 N–H and O–H groups in total. The van der Waals surface area contributed by atoms with Gasteiger partial charge in [-0.2, -0.15) is 0 Å². The number of carbonyl (C=O) groups is 3. The van der Waals surface area contributed by atoms with E-state index in [-0.39, 0.29) is 30.4 Å². The molecular weight excluding hydrogens is 308 g/mol. The standard InChI is InChI=1S/C17H30N4O3/c1-12-7-4-5-8-13(12)18-17(24)19-15(22)11-21-10-6-9-14(21)16(23)20(2)3/h12-14H,4-11H2,1-3H3,(H2,18,19,22,24). The minimum absolute atomic E-state index is 0.0146. The zero-order valence-electron chi connectivity index (χ0n) is 15.0. The smallest absolute Gasteiger partial charge is 0.321 e. The lowest BCUT2D eigenvalue weighted by Gasteiger charge is -2.29. The van der Waals surface area contributed by atoms with E-state index in [1.807, 2.05) is 4.90 Å². The van der Waals surface area contributed by atoms with E-state index in [2.05, 4.69) is 17.6 Å². The highest BCUT2D eigenvalue weighted by Gasteiger charge is 2.33. The van der Waals surface area contributed by atoms with E-state index in [1.165, 1.54) is 6.42 Å². The van der Waals surface area contributed by atoms with Crippen LogP contribution in [0.4, 0.5) is 4.79 Å². The third kappa shape index (κ3) is 4.93. The molecular formula is C17H30N4O3. The molecule has 0 spiro atoms. The van der Waals surface area contributed by atoms with Crippen molar-refractivity contribution in [3.63, 3.8) is 0 Å². The zero-order valence-corrected chi connectivity index (χ0v) is 15.0. The molecule has 24 heavy (non-hydrogen) atoms. The van der Waals surface area contributed by atoms with Gasteiger partial charge in [0, 0.05) is 20.1 Å². The lowest BCUT2D eigenvalue weighted by Crippen LogP contribution is -2.51. The van der Waals surface area contributed by atoms with Gasteiger partial charge in [0.1, 0.15) is 0 Å². The molecule has 136 valence electrons. The van der Waals surface area contributed by atoms with Crippen LogP contribution in [0.2, 0.25) is 0 Å². The molecule has 7 nitrogen and oxygen atoms in total. The first-order chi connectivity index (χ1) is 11.4. The summed E-state index contributed by atoms with van der Waals surface area (Å²) in [7, 11) is 3.44. The van der Waals surface area contributed by atoms with Crippen LogP contribution < -0.4 is 10.6 Å². The molecule has 0 aromatic carbocycles. The zero-order chi connectivity index (χ0) is 17.7. The Morgan fingerprint density at radius 3 is 2.46 bits per heavy atom. The van der Waals surface area contributed by atoms with Gasteiger partial charge < -0.3 is 10.2 Å². The number of urea groups is 1. The van der Waals surface area contributed by atoms with Crippen LogP contribution in [0.3, 0.4) is 0 Å². The number of carbonyl (C=O) groups excluding carboxylic acids is 3. The van der Waals surface area contributed by atoms with Gasteiger partial charge in [-0.3, -0.25) is 19.8 Å². The molecule has 7 heteroatoms. The maximum atomic E-state index is 12.1. The van der Waals surface area contributed by atoms with Crippen LogP contribution in [0.1, 0.15) is 45.4 Å². The average molecular weight is 338 g/mol. The number of likely N-dealkylation sites (N-methyl/N-ethyl adjacent to an activating group) is 1. The Labute approximate surface area is 144 Å². The van der Waals surface area contributed by atoms with Gasteiger partial charge in [-0.1, -0.05) is 19.8 Å². The van der Waals surface area contributed by atoms with Crippen LogP contribution in [-0.4, -0.2) is 66.9 Å². The summed E-state index contributed by atoms with van der Waals surface area (Å²) in [6, 6.07) is -0.540. The van der Waals surface area contributed by atoms with Crippen molar-refractivity contribution < 1.29 is 14.4 Å². The van der Waals surface area contributed by atoms with Crippen LogP contribution in [0.5, 0.6) is 0 Å². The minimum atomic E-state index is -0.423. The van der Waals surface area contributed by atoms with Crippen LogP contribution in [0, 0.1) is 5.92 Å². The normalized spacial score (nSPS) is 27.5. The van der Waals surface area contributed by atoms with Crippen molar-refractivity contribution in [2.24, 2.45) is 5.92 Å². The molecule has 2 fully saturated rings. The molecule has 1 aliphatic heterocycles. The largest absolute Gasteiger partial charge is 0.347 e. The van der Waals surface area contributed by atoms with Crippen LogP contribution in [-0.2, 0) is 9.59 Å². The van der Waals surface area contributed by atoms with Gasteiger partial charge in [-0.25, -0.2) is 4.79 Å². The molecule has 2 rings (SSSR count). The highest BCUT2D eigenvalue weighted by Crippen LogP contribution is 2.23. The van der Waals surface area contributed by atoms with Gasteiger partial charge in [0.05, 0.1) is 12.6 Å². The number of imide groups is 1. The van der Waals surface area contributed by atoms with Crippen molar-refractivity contribution >= 4 is 17.8 Å². The SMILES string of the molecule is CC1CCCCC1NC(=O)NC(=O)CN1CCCC1C(=O)N(C)C. The summed E-state index contributed by atoms with van der Waals surface area (Å²) in [5.74, 6) is 0.107. The van der Waals surface area contributed by atoms with Gasteiger partial charge in [0.2, 0.25) is 11.8 Å². The third-order valence-corrected chi connectivity index (χ3v) is 5.12. The average Bonchev–Trinajstić information content (AvgIpc) is 2.96. The monoisotopic (exact) mass is 338 g/mol. The number of rotatable bonds is 4. The minimum Gasteiger partial charge on any atom is -0.347 e. The molecule has 1 saturated heterocycles. The third-order valence-electron chi connectivity index (χ3n) is 5.12. The molecule has 0 bridgehead atoms. The van der Waals surface area contributed by atoms with E-state index in [9.17, 15) is 14.4 Å². The molecule has 4 amide bonds. The molecule has 0 aromatic rings. The summed E-state index contributed by atoms with van der Waals surface area (Å²) in [5, 5.41) is 5.32. The Bertz CT molecular complexity index is 480. The summed E-state index contributed by atoms with van der Waals surface area (Å²) in [6.07, 6.45) is 6.05. The molecule has 1 saturated carbocycles. The van der Waals surface area contributed by atoms with Crippen molar-refractivity contribution in [2.75, 3.05) is 27.2 Å². The Kier molecular flexibility index (Phi) is 6.60. The van der Waals surface area contributed by atoms with Crippen LogP contribution >= 0.6 is 0 Å². The van der Waals surface area contributed by atoms with Gasteiger partial charge in [0.15, 0.2) is 0 Å². The summed E-state index contributed by atoms with van der Waals surface area (Å²) in [6.45, 7) is 2.92. The maximum absolute atomic E-state index is 12.1. The van der Waals surface area contributed by atoms with Crippen molar-refractivity contribution in [1.29, 1.82) is 0 Å². The number of nitrogens with zero attached hydrogens (tertiary/aromatic N) is 2. The van der Waals surface area contributed by atoms with E-state index in [0.29, 0.717) is 12.5 Å². The second-order valence-corrected chi connectivity index (χ2v) is 7.25. The molecule has 0 radical (unpaired) electrons. The van der Waals surface area contributed by atoms with Crippen molar-refractivity contribution in [3.8, 4) is 0 Å². The van der Waals surface area contributed by atoms with Gasteiger partial charge >= 0.3 is 6.03 Å². The quantitative estimate of drug-likeness (QED) is 0.799. The van der Waals surface area contributed by atoms with Crippen LogP contribution in [0.25, 0.3) is 0 Å². The Balaban J connectivity index is 1.79. The molecule has 3 atom stereocenters. The van der Waals surface area contributed by atoms with Crippen molar-refractivity contribution in [2.45, 2.75) is 57.5 Å². The number of hydrogen-bond acceptors (Lipinski definition) is 4. The van der Waals surface area contributed by atoms with Crippen molar-refractivity contribution in [3.05, 3.63) is 0 Å². The number of nitrogens with one attached hydrogen (secondary N) is 2. The fourth-order valence-corrected chi connectivity index (χ4v) is 3.68. The first-order valence-electron chi connectivity index (χ1n) is 8.94. The summed E-state index contributed by atoms with van der Waals surface area (Å²) >= 11 is 0. The van der Waals surface area contributed by atoms with Crippen LogP contribution in [0.15, 0.2) is 0 Å². The van der Waals surface area contributed by atoms with E-state index < -0.39 is 6.03 Å². The first-order valence-corrected chi connectivity index (χ1v) is 8.94. The Morgan fingerprint density at radius 1 is 1.08 bits per heavy atom. The second-order valence-electron chi connectivity index (χ2n) is 7.25. The molecule has 1 heterocycles. The fraction of sp³-hybridized carbons (Fsp3) is 0.824. The number of amides is 4. The van der Waals surface area contributed by atoms with Gasteiger partial charge in [-0.15, -0.1) is 0 Å². The van der Waals surface area contributed by atoms with Crippen molar-refractivity contribution in [1.82, 2.24) is 20.4 Å². The lowest BCUT2D eigenvalue weighted by atomic mass is 9.86. The van der Waals surface area contributed by atoms with E-state index >= 15 is 0 Å². The number of likely N-dealkylation sites (tertiary alicyclic amines) is 1. The predicted octanol–water partition coefficient (Wildman–Crippen LogP) is 0.944. The Hall–Kier alpha value is -1.63. The fourth-order valence-electron chi connectivity index (χ4n) is 3.68. The molecule has 3 unspecified atom stereocenters. The van der Waals surface area contributed by atoms with E-state index in [1.54, 1.807) is 19.0 Å². The molecule has 1 aliphatic carbocycles. The first kappa shape index (κ1) is 18.7.